The maximum absolute atomic E-state index is 12.5. The zero-order valence-corrected chi connectivity index (χ0v) is 15.2. The van der Waals surface area contributed by atoms with Gasteiger partial charge in [-0.3, -0.25) is 9.59 Å². The van der Waals surface area contributed by atoms with Crippen molar-refractivity contribution in [2.45, 2.75) is 20.4 Å². The van der Waals surface area contributed by atoms with Crippen molar-refractivity contribution in [2.24, 2.45) is 0 Å². The van der Waals surface area contributed by atoms with E-state index in [1.54, 1.807) is 7.05 Å². The molecule has 0 saturated carbocycles. The van der Waals surface area contributed by atoms with Crippen LogP contribution in [0.4, 0.5) is 5.69 Å². The summed E-state index contributed by atoms with van der Waals surface area (Å²) in [7, 11) is 1.63. The van der Waals surface area contributed by atoms with E-state index in [-0.39, 0.29) is 24.9 Å². The average Bonchev–Trinajstić information content (AvgIpc) is 2.92. The summed E-state index contributed by atoms with van der Waals surface area (Å²) in [6, 6.07) is 15.2. The van der Waals surface area contributed by atoms with Gasteiger partial charge in [0.1, 0.15) is 12.4 Å². The molecule has 3 rings (SSSR count). The molecule has 6 nitrogen and oxygen atoms in total. The summed E-state index contributed by atoms with van der Waals surface area (Å²) in [6.45, 7) is 4.01. The molecule has 0 bridgehead atoms. The number of benzene rings is 2. The van der Waals surface area contributed by atoms with Crippen LogP contribution in [-0.2, 0) is 16.1 Å². The zero-order chi connectivity index (χ0) is 18.7. The largest absolute Gasteiger partial charge is 0.335 e. The van der Waals surface area contributed by atoms with Gasteiger partial charge in [0.25, 0.3) is 0 Å². The average molecular weight is 350 g/mol. The van der Waals surface area contributed by atoms with E-state index in [4.69, 9.17) is 0 Å². The highest BCUT2D eigenvalue weighted by molar-refractivity contribution is 5.94. The molecule has 6 heteroatoms. The minimum atomic E-state index is -0.225. The van der Waals surface area contributed by atoms with E-state index >= 15 is 0 Å². The highest BCUT2D eigenvalue weighted by Crippen LogP contribution is 2.15. The van der Waals surface area contributed by atoms with Gasteiger partial charge < -0.3 is 14.8 Å². The molecular weight excluding hydrogens is 328 g/mol. The Bertz CT molecular complexity index is 944. The van der Waals surface area contributed by atoms with Crippen molar-refractivity contribution in [3.05, 3.63) is 59.9 Å². The number of hydrogen-bond acceptors (Lipinski definition) is 3. The molecule has 134 valence electrons. The molecule has 0 saturated heterocycles. The minimum absolute atomic E-state index is 0.00160. The second-order valence-corrected chi connectivity index (χ2v) is 6.40. The summed E-state index contributed by atoms with van der Waals surface area (Å²) in [5.41, 5.74) is 3.62. The predicted octanol–water partition coefficient (Wildman–Crippen LogP) is 2.75. The fourth-order valence-corrected chi connectivity index (χ4v) is 2.79. The topological polar surface area (TPSA) is 67.2 Å². The number of aromatic nitrogens is 2. The molecule has 1 heterocycles. The van der Waals surface area contributed by atoms with Crippen LogP contribution in [0.3, 0.4) is 0 Å². The number of carbonyl (C=O) groups is 2. The quantitative estimate of drug-likeness (QED) is 0.769. The Morgan fingerprint density at radius 1 is 1.08 bits per heavy atom. The molecule has 1 N–H and O–H groups in total. The number of likely N-dealkylation sites (N-methyl/N-ethyl adjacent to an activating group) is 1. The molecule has 0 aliphatic rings. The summed E-state index contributed by atoms with van der Waals surface area (Å²) in [5, 5.41) is 2.80. The van der Waals surface area contributed by atoms with Gasteiger partial charge in [0, 0.05) is 12.7 Å². The van der Waals surface area contributed by atoms with Crippen LogP contribution in [0.1, 0.15) is 11.4 Å². The third-order valence-electron chi connectivity index (χ3n) is 4.28. The van der Waals surface area contributed by atoms with Gasteiger partial charge in [0.15, 0.2) is 0 Å². The monoisotopic (exact) mass is 350 g/mol. The highest BCUT2D eigenvalue weighted by atomic mass is 16.2. The van der Waals surface area contributed by atoms with Gasteiger partial charge in [-0.1, -0.05) is 29.8 Å². The maximum Gasteiger partial charge on any atom is 0.243 e. The summed E-state index contributed by atoms with van der Waals surface area (Å²) in [6.07, 6.45) is 0. The molecular formula is C20H22N4O2. The number of anilines is 1. The fraction of sp³-hybridized carbons (Fsp3) is 0.250. The van der Waals surface area contributed by atoms with Crippen molar-refractivity contribution < 1.29 is 9.59 Å². The van der Waals surface area contributed by atoms with Crippen molar-refractivity contribution in [1.29, 1.82) is 0 Å². The summed E-state index contributed by atoms with van der Waals surface area (Å²) < 4.78 is 1.87. The number of aryl methyl sites for hydroxylation is 2. The van der Waals surface area contributed by atoms with Crippen molar-refractivity contribution in [3.8, 4) is 0 Å². The number of nitrogens with zero attached hydrogens (tertiary/aromatic N) is 3. The number of nitrogens with one attached hydrogen (secondary N) is 1. The molecule has 0 radical (unpaired) electrons. The van der Waals surface area contributed by atoms with Gasteiger partial charge in [-0.2, -0.15) is 0 Å². The van der Waals surface area contributed by atoms with Crippen LogP contribution in [0.5, 0.6) is 0 Å². The number of hydrogen-bond donors (Lipinski definition) is 1. The van der Waals surface area contributed by atoms with E-state index in [2.05, 4.69) is 10.3 Å². The smallest absolute Gasteiger partial charge is 0.243 e. The van der Waals surface area contributed by atoms with E-state index in [1.807, 2.05) is 66.9 Å². The molecule has 0 aliphatic heterocycles. The zero-order valence-electron chi connectivity index (χ0n) is 15.2. The summed E-state index contributed by atoms with van der Waals surface area (Å²) >= 11 is 0. The van der Waals surface area contributed by atoms with Crippen LogP contribution >= 0.6 is 0 Å². The van der Waals surface area contributed by atoms with Crippen LogP contribution in [0.2, 0.25) is 0 Å². The number of imidazole rings is 1. The molecule has 0 unspecified atom stereocenters. The Kier molecular flexibility index (Phi) is 5.02. The number of fused-ring (bicyclic) bond motifs is 1. The van der Waals surface area contributed by atoms with Crippen LogP contribution in [0.25, 0.3) is 11.0 Å². The van der Waals surface area contributed by atoms with E-state index in [0.717, 1.165) is 28.1 Å². The second-order valence-electron chi connectivity index (χ2n) is 6.40. The third-order valence-corrected chi connectivity index (χ3v) is 4.28. The number of para-hydroxylation sites is 2. The lowest BCUT2D eigenvalue weighted by Gasteiger charge is -2.18. The van der Waals surface area contributed by atoms with Crippen molar-refractivity contribution in [1.82, 2.24) is 14.5 Å². The first-order valence-corrected chi connectivity index (χ1v) is 8.46. The first kappa shape index (κ1) is 17.7. The maximum atomic E-state index is 12.5. The van der Waals surface area contributed by atoms with E-state index in [1.165, 1.54) is 4.90 Å². The SMILES string of the molecule is Cc1ccc(NC(=O)CN(C)C(=O)Cn2c(C)nc3ccccc32)cc1. The first-order valence-electron chi connectivity index (χ1n) is 8.46. The first-order chi connectivity index (χ1) is 12.4. The predicted molar refractivity (Wildman–Crippen MR) is 102 cm³/mol. The Labute approximate surface area is 152 Å². The summed E-state index contributed by atoms with van der Waals surface area (Å²) in [4.78, 5) is 30.6. The summed E-state index contributed by atoms with van der Waals surface area (Å²) in [5.74, 6) is 0.407. The number of rotatable bonds is 5. The van der Waals surface area contributed by atoms with Crippen LogP contribution in [-0.4, -0.2) is 39.9 Å². The molecule has 0 atom stereocenters. The van der Waals surface area contributed by atoms with Crippen molar-refractivity contribution in [2.75, 3.05) is 18.9 Å². The van der Waals surface area contributed by atoms with Crippen molar-refractivity contribution in [3.63, 3.8) is 0 Å². The molecule has 0 aliphatic carbocycles. The molecule has 0 spiro atoms. The molecule has 0 fully saturated rings. The van der Waals surface area contributed by atoms with Crippen molar-refractivity contribution >= 4 is 28.5 Å². The van der Waals surface area contributed by atoms with E-state index in [0.29, 0.717) is 0 Å². The van der Waals surface area contributed by atoms with E-state index < -0.39 is 0 Å². The van der Waals surface area contributed by atoms with Gasteiger partial charge in [-0.25, -0.2) is 4.98 Å². The fourth-order valence-electron chi connectivity index (χ4n) is 2.79. The molecule has 1 aromatic heterocycles. The molecule has 3 aromatic rings. The minimum Gasteiger partial charge on any atom is -0.335 e. The van der Waals surface area contributed by atoms with Crippen LogP contribution in [0.15, 0.2) is 48.5 Å². The highest BCUT2D eigenvalue weighted by Gasteiger charge is 2.16. The van der Waals surface area contributed by atoms with Gasteiger partial charge in [-0.05, 0) is 38.1 Å². The van der Waals surface area contributed by atoms with Crippen LogP contribution < -0.4 is 5.32 Å². The normalized spacial score (nSPS) is 10.7. The Hall–Kier alpha value is -3.15. The Morgan fingerprint density at radius 2 is 1.77 bits per heavy atom. The Morgan fingerprint density at radius 3 is 2.50 bits per heavy atom. The van der Waals surface area contributed by atoms with Gasteiger partial charge in [0.05, 0.1) is 17.6 Å². The lowest BCUT2D eigenvalue weighted by atomic mass is 10.2. The van der Waals surface area contributed by atoms with Gasteiger partial charge in [0.2, 0.25) is 11.8 Å². The number of amides is 2. The molecule has 2 aromatic carbocycles. The lowest BCUT2D eigenvalue weighted by molar-refractivity contribution is -0.133. The lowest BCUT2D eigenvalue weighted by Crippen LogP contribution is -2.37. The molecule has 2 amide bonds. The Balaban J connectivity index is 1.63. The standard InChI is InChI=1S/C20H22N4O2/c1-14-8-10-16(11-9-14)22-19(25)12-23(3)20(26)13-24-15(2)21-17-6-4-5-7-18(17)24/h4-11H,12-13H2,1-3H3,(H,22,25). The van der Waals surface area contributed by atoms with Crippen LogP contribution in [0, 0.1) is 13.8 Å². The van der Waals surface area contributed by atoms with Gasteiger partial charge in [-0.15, -0.1) is 0 Å². The molecule has 26 heavy (non-hydrogen) atoms. The second kappa shape index (κ2) is 7.39. The number of carbonyl (C=O) groups excluding carboxylic acids is 2. The third kappa shape index (κ3) is 3.91. The van der Waals surface area contributed by atoms with E-state index in [9.17, 15) is 9.59 Å². The van der Waals surface area contributed by atoms with Gasteiger partial charge >= 0.3 is 0 Å².